The highest BCUT2D eigenvalue weighted by Crippen LogP contribution is 2.20. The Morgan fingerprint density at radius 2 is 2.25 bits per heavy atom. The molecule has 1 heterocycles. The number of hydrogen-bond donors (Lipinski definition) is 0. The lowest BCUT2D eigenvalue weighted by molar-refractivity contribution is 0.383. The lowest BCUT2D eigenvalue weighted by Gasteiger charge is -2.07. The van der Waals surface area contributed by atoms with Crippen molar-refractivity contribution in [2.24, 2.45) is 0 Å². The van der Waals surface area contributed by atoms with Gasteiger partial charge in [0.25, 0.3) is 0 Å². The van der Waals surface area contributed by atoms with Gasteiger partial charge in [-0.3, -0.25) is 4.68 Å². The molecule has 0 atom stereocenters. The van der Waals surface area contributed by atoms with Crippen LogP contribution in [0.15, 0.2) is 30.5 Å². The van der Waals surface area contributed by atoms with Gasteiger partial charge in [-0.1, -0.05) is 12.1 Å². The number of aromatic nitrogens is 2. The van der Waals surface area contributed by atoms with E-state index in [1.165, 1.54) is 7.11 Å². The first-order chi connectivity index (χ1) is 7.70. The predicted molar refractivity (Wildman–Crippen MR) is 67.0 cm³/mol. The second-order valence-corrected chi connectivity index (χ2v) is 4.37. The smallest absolute Gasteiger partial charge is 0.170 e. The Morgan fingerprint density at radius 3 is 2.88 bits per heavy atom. The summed E-state index contributed by atoms with van der Waals surface area (Å²) in [5.41, 5.74) is 0.568. The lowest BCUT2D eigenvalue weighted by Crippen LogP contribution is -2.03. The number of nitrogens with zero attached hydrogens (tertiary/aromatic N) is 2. The second-order valence-electron chi connectivity index (χ2n) is 3.27. The topological polar surface area (TPSA) is 27.1 Å². The van der Waals surface area contributed by atoms with E-state index in [2.05, 4.69) is 27.7 Å². The molecule has 0 spiro atoms. The van der Waals surface area contributed by atoms with E-state index in [0.29, 0.717) is 12.1 Å². The molecule has 2 aromatic rings. The zero-order valence-corrected chi connectivity index (χ0v) is 10.8. The standard InChI is InChI=1S/C11H10FIN2O/c1-16-9-4-2-3-8(11(9)12)7-15-6-5-10(13)14-15/h2-6H,7H2,1H3. The summed E-state index contributed by atoms with van der Waals surface area (Å²) in [6.07, 6.45) is 1.82. The van der Waals surface area contributed by atoms with E-state index in [0.717, 1.165) is 3.70 Å². The molecule has 0 N–H and O–H groups in total. The van der Waals surface area contributed by atoms with Crippen molar-refractivity contribution < 1.29 is 9.13 Å². The summed E-state index contributed by atoms with van der Waals surface area (Å²) in [6, 6.07) is 6.97. The molecular weight excluding hydrogens is 322 g/mol. The van der Waals surface area contributed by atoms with Crippen molar-refractivity contribution in [2.75, 3.05) is 7.11 Å². The summed E-state index contributed by atoms with van der Waals surface area (Å²) in [5.74, 6) is -0.0603. The minimum Gasteiger partial charge on any atom is -0.494 e. The van der Waals surface area contributed by atoms with Crippen LogP contribution in [-0.4, -0.2) is 16.9 Å². The molecule has 84 valence electrons. The minimum absolute atomic E-state index is 0.263. The summed E-state index contributed by atoms with van der Waals surface area (Å²) in [7, 11) is 1.46. The van der Waals surface area contributed by atoms with Gasteiger partial charge >= 0.3 is 0 Å². The first-order valence-corrected chi connectivity index (χ1v) is 5.79. The van der Waals surface area contributed by atoms with E-state index in [1.807, 2.05) is 12.3 Å². The Bertz CT molecular complexity index is 498. The van der Waals surface area contributed by atoms with Crippen molar-refractivity contribution >= 4 is 22.6 Å². The first kappa shape index (κ1) is 11.4. The number of halogens is 2. The highest BCUT2D eigenvalue weighted by Gasteiger charge is 2.08. The molecule has 0 saturated heterocycles. The van der Waals surface area contributed by atoms with Crippen LogP contribution in [0, 0.1) is 9.52 Å². The van der Waals surface area contributed by atoms with Crippen LogP contribution >= 0.6 is 22.6 Å². The Morgan fingerprint density at radius 1 is 1.44 bits per heavy atom. The molecule has 0 aliphatic carbocycles. The number of ether oxygens (including phenoxy) is 1. The molecular formula is C11H10FIN2O. The average molecular weight is 332 g/mol. The van der Waals surface area contributed by atoms with Gasteiger partial charge in [0.2, 0.25) is 0 Å². The highest BCUT2D eigenvalue weighted by atomic mass is 127. The van der Waals surface area contributed by atoms with Crippen LogP contribution in [0.4, 0.5) is 4.39 Å². The minimum atomic E-state index is -0.324. The molecule has 1 aromatic carbocycles. The van der Waals surface area contributed by atoms with Crippen molar-refractivity contribution in [2.45, 2.75) is 6.54 Å². The number of rotatable bonds is 3. The SMILES string of the molecule is COc1cccc(Cn2ccc(I)n2)c1F. The molecule has 0 bridgehead atoms. The molecule has 0 fully saturated rings. The van der Waals surface area contributed by atoms with Crippen molar-refractivity contribution in [1.29, 1.82) is 0 Å². The molecule has 2 rings (SSSR count). The second kappa shape index (κ2) is 4.82. The van der Waals surface area contributed by atoms with E-state index >= 15 is 0 Å². The zero-order chi connectivity index (χ0) is 11.5. The summed E-state index contributed by atoms with van der Waals surface area (Å²) in [5, 5.41) is 4.20. The van der Waals surface area contributed by atoms with Crippen LogP contribution < -0.4 is 4.74 Å². The van der Waals surface area contributed by atoms with E-state index in [1.54, 1.807) is 22.9 Å². The van der Waals surface area contributed by atoms with Crippen LogP contribution in [0.5, 0.6) is 5.75 Å². The zero-order valence-electron chi connectivity index (χ0n) is 8.65. The maximum atomic E-state index is 13.8. The predicted octanol–water partition coefficient (Wildman–Crippen LogP) is 2.68. The van der Waals surface area contributed by atoms with Crippen molar-refractivity contribution in [3.05, 3.63) is 45.5 Å². The van der Waals surface area contributed by atoms with Crippen LogP contribution in [0.3, 0.4) is 0 Å². The van der Waals surface area contributed by atoms with Gasteiger partial charge in [-0.15, -0.1) is 0 Å². The largest absolute Gasteiger partial charge is 0.494 e. The maximum Gasteiger partial charge on any atom is 0.170 e. The van der Waals surface area contributed by atoms with Gasteiger partial charge in [0.05, 0.1) is 13.7 Å². The molecule has 0 aliphatic rings. The van der Waals surface area contributed by atoms with Crippen molar-refractivity contribution in [3.8, 4) is 5.75 Å². The van der Waals surface area contributed by atoms with Gasteiger partial charge < -0.3 is 4.74 Å². The fourth-order valence-corrected chi connectivity index (χ4v) is 1.87. The van der Waals surface area contributed by atoms with Crippen LogP contribution in [0.1, 0.15) is 5.56 Å². The summed E-state index contributed by atoms with van der Waals surface area (Å²) in [6.45, 7) is 0.409. The molecule has 3 nitrogen and oxygen atoms in total. The van der Waals surface area contributed by atoms with E-state index in [4.69, 9.17) is 4.74 Å². The van der Waals surface area contributed by atoms with Gasteiger partial charge in [0, 0.05) is 11.8 Å². The van der Waals surface area contributed by atoms with Gasteiger partial charge in [0.15, 0.2) is 11.6 Å². The van der Waals surface area contributed by atoms with Crippen molar-refractivity contribution in [1.82, 2.24) is 9.78 Å². The molecule has 16 heavy (non-hydrogen) atoms. The molecule has 5 heteroatoms. The molecule has 0 saturated carbocycles. The summed E-state index contributed by atoms with van der Waals surface area (Å²) < 4.78 is 21.3. The fourth-order valence-electron chi connectivity index (χ4n) is 1.44. The van der Waals surface area contributed by atoms with Crippen molar-refractivity contribution in [3.63, 3.8) is 0 Å². The molecule has 0 radical (unpaired) electrons. The third kappa shape index (κ3) is 2.34. The van der Waals surface area contributed by atoms with E-state index in [-0.39, 0.29) is 11.6 Å². The molecule has 0 amide bonds. The number of methoxy groups -OCH3 is 1. The van der Waals surface area contributed by atoms with Gasteiger partial charge in [-0.05, 0) is 34.7 Å². The van der Waals surface area contributed by atoms with E-state index < -0.39 is 0 Å². The van der Waals surface area contributed by atoms with Crippen LogP contribution in [0.25, 0.3) is 0 Å². The normalized spacial score (nSPS) is 10.4. The van der Waals surface area contributed by atoms with Crippen LogP contribution in [-0.2, 0) is 6.54 Å². The summed E-state index contributed by atoms with van der Waals surface area (Å²) >= 11 is 2.12. The Balaban J connectivity index is 2.28. The molecule has 1 aromatic heterocycles. The Kier molecular flexibility index (Phi) is 3.42. The summed E-state index contributed by atoms with van der Waals surface area (Å²) in [4.78, 5) is 0. The highest BCUT2D eigenvalue weighted by molar-refractivity contribution is 14.1. The van der Waals surface area contributed by atoms with Gasteiger partial charge in [0.1, 0.15) is 3.70 Å². The number of benzene rings is 1. The molecule has 0 unspecified atom stereocenters. The lowest BCUT2D eigenvalue weighted by atomic mass is 10.2. The fraction of sp³-hybridized carbons (Fsp3) is 0.182. The van der Waals surface area contributed by atoms with Crippen LogP contribution in [0.2, 0.25) is 0 Å². The molecule has 0 aliphatic heterocycles. The average Bonchev–Trinajstić information content (AvgIpc) is 2.67. The maximum absolute atomic E-state index is 13.8. The quantitative estimate of drug-likeness (QED) is 0.808. The first-order valence-electron chi connectivity index (χ1n) is 4.71. The number of hydrogen-bond acceptors (Lipinski definition) is 2. The van der Waals surface area contributed by atoms with Gasteiger partial charge in [-0.25, -0.2) is 4.39 Å². The third-order valence-electron chi connectivity index (χ3n) is 2.20. The monoisotopic (exact) mass is 332 g/mol. The third-order valence-corrected chi connectivity index (χ3v) is 2.78. The van der Waals surface area contributed by atoms with E-state index in [9.17, 15) is 4.39 Å². The Labute approximate surface area is 106 Å². The Hall–Kier alpha value is -1.11. The van der Waals surface area contributed by atoms with Gasteiger partial charge in [-0.2, -0.15) is 5.10 Å².